The van der Waals surface area contributed by atoms with Gasteiger partial charge in [0.05, 0.1) is 11.9 Å². The predicted molar refractivity (Wildman–Crippen MR) is 111 cm³/mol. The Morgan fingerprint density at radius 3 is 2.89 bits per heavy atom. The van der Waals surface area contributed by atoms with E-state index in [4.69, 9.17) is 4.74 Å². The van der Waals surface area contributed by atoms with Gasteiger partial charge in [-0.05, 0) is 36.4 Å². The second kappa shape index (κ2) is 9.36. The fourth-order valence-corrected chi connectivity index (χ4v) is 4.63. The number of aromatic nitrogens is 3. The van der Waals surface area contributed by atoms with Crippen LogP contribution in [0.2, 0.25) is 0 Å². The van der Waals surface area contributed by atoms with Crippen LogP contribution in [0.4, 0.5) is 0 Å². The maximum atomic E-state index is 12.2. The molecule has 2 aromatic heterocycles. The number of ether oxygens (including phenoxy) is 1. The molecule has 0 spiro atoms. The highest BCUT2D eigenvalue weighted by Crippen LogP contribution is 2.24. The highest BCUT2D eigenvalue weighted by atomic mass is 32.2. The Morgan fingerprint density at radius 1 is 1.25 bits per heavy atom. The van der Waals surface area contributed by atoms with Crippen LogP contribution in [0.1, 0.15) is 23.5 Å². The molecule has 1 N–H and O–H groups in total. The third-order valence-electron chi connectivity index (χ3n) is 4.51. The van der Waals surface area contributed by atoms with E-state index in [1.807, 2.05) is 41.0 Å². The summed E-state index contributed by atoms with van der Waals surface area (Å²) in [5.74, 6) is 1.16. The Bertz CT molecular complexity index is 890. The summed E-state index contributed by atoms with van der Waals surface area (Å²) in [6, 6.07) is 14.2. The zero-order valence-corrected chi connectivity index (χ0v) is 17.0. The molecule has 1 aliphatic rings. The minimum Gasteiger partial charge on any atom is -0.376 e. The maximum Gasteiger partial charge on any atom is 0.230 e. The van der Waals surface area contributed by atoms with Gasteiger partial charge in [-0.3, -0.25) is 9.36 Å². The molecule has 0 bridgehead atoms. The summed E-state index contributed by atoms with van der Waals surface area (Å²) in [6.45, 7) is 1.37. The van der Waals surface area contributed by atoms with E-state index in [1.54, 1.807) is 11.3 Å². The molecule has 1 aliphatic heterocycles. The van der Waals surface area contributed by atoms with Crippen molar-refractivity contribution >= 4 is 29.0 Å². The largest absolute Gasteiger partial charge is 0.376 e. The lowest BCUT2D eigenvalue weighted by atomic mass is 10.2. The van der Waals surface area contributed by atoms with E-state index in [2.05, 4.69) is 27.0 Å². The van der Waals surface area contributed by atoms with Crippen LogP contribution in [0, 0.1) is 0 Å². The van der Waals surface area contributed by atoms with Gasteiger partial charge in [0.15, 0.2) is 5.16 Å². The molecular formula is C20H22N4O2S2. The number of hydrogen-bond acceptors (Lipinski definition) is 6. The summed E-state index contributed by atoms with van der Waals surface area (Å²) in [5.41, 5.74) is 1.00. The SMILES string of the molecule is O=C(CSc1nnc(Cc2cccs2)n1-c1ccccc1)NC[C@H]1CCCO1. The van der Waals surface area contributed by atoms with Crippen LogP contribution in [0.15, 0.2) is 53.0 Å². The average molecular weight is 415 g/mol. The molecular weight excluding hydrogens is 392 g/mol. The zero-order chi connectivity index (χ0) is 19.2. The number of benzene rings is 1. The van der Waals surface area contributed by atoms with Crippen molar-refractivity contribution in [3.63, 3.8) is 0 Å². The smallest absolute Gasteiger partial charge is 0.230 e. The molecule has 3 aromatic rings. The van der Waals surface area contributed by atoms with Crippen molar-refractivity contribution in [3.8, 4) is 5.69 Å². The van der Waals surface area contributed by atoms with E-state index < -0.39 is 0 Å². The fraction of sp³-hybridized carbons (Fsp3) is 0.350. The van der Waals surface area contributed by atoms with E-state index in [0.717, 1.165) is 36.1 Å². The van der Waals surface area contributed by atoms with Crippen molar-refractivity contribution < 1.29 is 9.53 Å². The molecule has 3 heterocycles. The zero-order valence-electron chi connectivity index (χ0n) is 15.4. The Hall–Kier alpha value is -2.16. The normalized spacial score (nSPS) is 16.4. The number of carbonyl (C=O) groups excluding carboxylic acids is 1. The first-order chi connectivity index (χ1) is 13.8. The summed E-state index contributed by atoms with van der Waals surface area (Å²) in [6.07, 6.45) is 2.95. The summed E-state index contributed by atoms with van der Waals surface area (Å²) < 4.78 is 7.59. The van der Waals surface area contributed by atoms with Crippen molar-refractivity contribution in [1.82, 2.24) is 20.1 Å². The van der Waals surface area contributed by atoms with Crippen molar-refractivity contribution in [1.29, 1.82) is 0 Å². The van der Waals surface area contributed by atoms with Gasteiger partial charge in [0, 0.05) is 30.1 Å². The Balaban J connectivity index is 1.45. The maximum absolute atomic E-state index is 12.2. The molecule has 1 atom stereocenters. The summed E-state index contributed by atoms with van der Waals surface area (Å²) >= 11 is 3.11. The number of thioether (sulfide) groups is 1. The third-order valence-corrected chi connectivity index (χ3v) is 6.32. The number of thiophene rings is 1. The molecule has 0 unspecified atom stereocenters. The first-order valence-electron chi connectivity index (χ1n) is 9.33. The third kappa shape index (κ3) is 4.81. The number of carbonyl (C=O) groups is 1. The predicted octanol–water partition coefficient (Wildman–Crippen LogP) is 3.31. The molecule has 0 aliphatic carbocycles. The van der Waals surface area contributed by atoms with Crippen LogP contribution >= 0.6 is 23.1 Å². The molecule has 28 heavy (non-hydrogen) atoms. The molecule has 1 saturated heterocycles. The Morgan fingerprint density at radius 2 is 2.14 bits per heavy atom. The average Bonchev–Trinajstić information content (AvgIpc) is 3.48. The standard InChI is InChI=1S/C20H22N4O2S2/c25-19(21-13-16-8-4-10-26-16)14-28-20-23-22-18(12-17-9-5-11-27-17)24(20)15-6-2-1-3-7-15/h1-3,5-7,9,11,16H,4,8,10,12-14H2,(H,21,25)/t16-/m1/s1. The fourth-order valence-electron chi connectivity index (χ4n) is 3.13. The molecule has 0 radical (unpaired) electrons. The van der Waals surface area contributed by atoms with Crippen molar-refractivity contribution in [2.45, 2.75) is 30.5 Å². The van der Waals surface area contributed by atoms with E-state index in [9.17, 15) is 4.79 Å². The molecule has 1 aromatic carbocycles. The topological polar surface area (TPSA) is 69.0 Å². The number of hydrogen-bond donors (Lipinski definition) is 1. The van der Waals surface area contributed by atoms with Crippen LogP contribution < -0.4 is 5.32 Å². The van der Waals surface area contributed by atoms with Gasteiger partial charge < -0.3 is 10.1 Å². The molecule has 1 amide bonds. The van der Waals surface area contributed by atoms with Crippen LogP contribution in [-0.4, -0.2) is 45.7 Å². The number of amides is 1. The van der Waals surface area contributed by atoms with Gasteiger partial charge in [0.25, 0.3) is 0 Å². The van der Waals surface area contributed by atoms with Gasteiger partial charge in [-0.2, -0.15) is 0 Å². The Kier molecular flexibility index (Phi) is 6.41. The van der Waals surface area contributed by atoms with Crippen molar-refractivity contribution in [2.75, 3.05) is 18.9 Å². The lowest BCUT2D eigenvalue weighted by Crippen LogP contribution is -2.32. The van der Waals surface area contributed by atoms with Crippen LogP contribution in [-0.2, 0) is 16.0 Å². The minimum atomic E-state index is -0.0112. The monoisotopic (exact) mass is 414 g/mol. The van der Waals surface area contributed by atoms with Gasteiger partial charge in [-0.25, -0.2) is 0 Å². The lowest BCUT2D eigenvalue weighted by molar-refractivity contribution is -0.119. The number of nitrogens with zero attached hydrogens (tertiary/aromatic N) is 3. The Labute approximate surface area is 172 Å². The number of para-hydroxylation sites is 1. The van der Waals surface area contributed by atoms with E-state index in [1.165, 1.54) is 16.6 Å². The summed E-state index contributed by atoms with van der Waals surface area (Å²) in [5, 5.41) is 14.5. The van der Waals surface area contributed by atoms with Crippen LogP contribution in [0.5, 0.6) is 0 Å². The lowest BCUT2D eigenvalue weighted by Gasteiger charge is -2.11. The van der Waals surface area contributed by atoms with Crippen molar-refractivity contribution in [3.05, 3.63) is 58.5 Å². The van der Waals surface area contributed by atoms with Crippen LogP contribution in [0.3, 0.4) is 0 Å². The van der Waals surface area contributed by atoms with Gasteiger partial charge in [-0.15, -0.1) is 21.5 Å². The number of rotatable bonds is 8. The van der Waals surface area contributed by atoms with E-state index in [-0.39, 0.29) is 12.0 Å². The van der Waals surface area contributed by atoms with Gasteiger partial charge >= 0.3 is 0 Å². The second-order valence-electron chi connectivity index (χ2n) is 6.55. The molecule has 146 valence electrons. The highest BCUT2D eigenvalue weighted by molar-refractivity contribution is 7.99. The first-order valence-corrected chi connectivity index (χ1v) is 11.2. The van der Waals surface area contributed by atoms with Gasteiger partial charge in [0.1, 0.15) is 5.82 Å². The van der Waals surface area contributed by atoms with E-state index in [0.29, 0.717) is 18.7 Å². The molecule has 4 rings (SSSR count). The summed E-state index contributed by atoms with van der Waals surface area (Å²) in [7, 11) is 0. The van der Waals surface area contributed by atoms with Gasteiger partial charge in [-0.1, -0.05) is 36.0 Å². The van der Waals surface area contributed by atoms with E-state index >= 15 is 0 Å². The first kappa shape index (κ1) is 19.2. The van der Waals surface area contributed by atoms with Crippen molar-refractivity contribution in [2.24, 2.45) is 0 Å². The number of nitrogens with one attached hydrogen (secondary N) is 1. The quantitative estimate of drug-likeness (QED) is 0.573. The molecule has 1 fully saturated rings. The second-order valence-corrected chi connectivity index (χ2v) is 8.53. The molecule has 8 heteroatoms. The molecule has 6 nitrogen and oxygen atoms in total. The van der Waals surface area contributed by atoms with Crippen LogP contribution in [0.25, 0.3) is 5.69 Å². The molecule has 0 saturated carbocycles. The van der Waals surface area contributed by atoms with Gasteiger partial charge in [0.2, 0.25) is 5.91 Å². The minimum absolute atomic E-state index is 0.0112. The summed E-state index contributed by atoms with van der Waals surface area (Å²) in [4.78, 5) is 13.5. The highest BCUT2D eigenvalue weighted by Gasteiger charge is 2.18.